The van der Waals surface area contributed by atoms with Crippen LogP contribution in [0.25, 0.3) is 0 Å². The molecule has 2 heterocycles. The van der Waals surface area contributed by atoms with Crippen LogP contribution in [-0.4, -0.2) is 85.3 Å². The summed E-state index contributed by atoms with van der Waals surface area (Å²) in [6.45, 7) is 14.5. The Morgan fingerprint density at radius 1 is 0.906 bits per heavy atom. The Labute approximate surface area is 212 Å². The number of piperazine rings is 1. The van der Waals surface area contributed by atoms with Gasteiger partial charge in [-0.25, -0.2) is 0 Å². The standard InChI is InChI=1S/C24H45N5O2.HI/c1-19(2)15-23(31)28-13-11-27(12-14-28)22(30)9-7-6-8-10-26-24(25-5)29-17-20(3)16-21(4)18-29;/h19-21H,6-18H2,1-5H3,(H,25,26);1H. The van der Waals surface area contributed by atoms with Crippen molar-refractivity contribution in [3.05, 3.63) is 0 Å². The zero-order chi connectivity index (χ0) is 22.8. The van der Waals surface area contributed by atoms with Crippen LogP contribution in [0.5, 0.6) is 0 Å². The maximum absolute atomic E-state index is 12.5. The lowest BCUT2D eigenvalue weighted by atomic mass is 9.92. The van der Waals surface area contributed by atoms with Crippen molar-refractivity contribution in [3.8, 4) is 0 Å². The Morgan fingerprint density at radius 3 is 2.00 bits per heavy atom. The fourth-order valence-electron chi connectivity index (χ4n) is 4.79. The predicted octanol–water partition coefficient (Wildman–Crippen LogP) is 3.44. The van der Waals surface area contributed by atoms with E-state index < -0.39 is 0 Å². The first-order valence-electron chi connectivity index (χ1n) is 12.3. The highest BCUT2D eigenvalue weighted by Crippen LogP contribution is 2.20. The summed E-state index contributed by atoms with van der Waals surface area (Å²) in [6.07, 6.45) is 5.50. The van der Waals surface area contributed by atoms with Crippen LogP contribution in [0.15, 0.2) is 4.99 Å². The summed E-state index contributed by atoms with van der Waals surface area (Å²) < 4.78 is 0. The second-order valence-electron chi connectivity index (χ2n) is 10.00. The molecular weight excluding hydrogens is 517 g/mol. The SMILES string of the molecule is CN=C(NCCCCCC(=O)N1CCN(C(=O)CC(C)C)CC1)N1CC(C)CC(C)C1.I. The lowest BCUT2D eigenvalue weighted by molar-refractivity contribution is -0.140. The lowest BCUT2D eigenvalue weighted by Crippen LogP contribution is -2.50. The fourth-order valence-corrected chi connectivity index (χ4v) is 4.79. The zero-order valence-corrected chi connectivity index (χ0v) is 23.3. The summed E-state index contributed by atoms with van der Waals surface area (Å²) in [5.41, 5.74) is 0. The van der Waals surface area contributed by atoms with Crippen molar-refractivity contribution in [2.24, 2.45) is 22.7 Å². The summed E-state index contributed by atoms with van der Waals surface area (Å²) in [5, 5.41) is 3.50. The van der Waals surface area contributed by atoms with Crippen molar-refractivity contribution < 1.29 is 9.59 Å². The Bertz CT molecular complexity index is 595. The van der Waals surface area contributed by atoms with Gasteiger partial charge in [-0.2, -0.15) is 0 Å². The topological polar surface area (TPSA) is 68.2 Å². The second-order valence-corrected chi connectivity index (χ2v) is 10.00. The molecule has 0 radical (unpaired) electrons. The number of nitrogens with zero attached hydrogens (tertiary/aromatic N) is 4. The van der Waals surface area contributed by atoms with Crippen LogP contribution in [0.4, 0.5) is 0 Å². The van der Waals surface area contributed by atoms with Crippen LogP contribution < -0.4 is 5.32 Å². The van der Waals surface area contributed by atoms with Crippen LogP contribution in [0.3, 0.4) is 0 Å². The molecule has 2 fully saturated rings. The molecule has 2 aliphatic heterocycles. The van der Waals surface area contributed by atoms with Gasteiger partial charge in [-0.3, -0.25) is 14.6 Å². The Hall–Kier alpha value is -1.06. The molecule has 2 saturated heterocycles. The number of likely N-dealkylation sites (tertiary alicyclic amines) is 1. The lowest BCUT2D eigenvalue weighted by Gasteiger charge is -2.37. The van der Waals surface area contributed by atoms with Gasteiger partial charge in [-0.1, -0.05) is 34.1 Å². The minimum atomic E-state index is 0. The molecule has 2 rings (SSSR count). The number of unbranched alkanes of at least 4 members (excludes halogenated alkanes) is 2. The normalized spacial score (nSPS) is 22.1. The molecule has 32 heavy (non-hydrogen) atoms. The molecule has 0 aromatic carbocycles. The van der Waals surface area contributed by atoms with E-state index in [1.54, 1.807) is 0 Å². The van der Waals surface area contributed by atoms with Gasteiger partial charge in [-0.15, -0.1) is 24.0 Å². The van der Waals surface area contributed by atoms with Crippen molar-refractivity contribution >= 4 is 41.8 Å². The number of carbonyl (C=O) groups is 2. The Kier molecular flexibility index (Phi) is 13.5. The molecule has 0 bridgehead atoms. The van der Waals surface area contributed by atoms with Crippen LogP contribution in [0.2, 0.25) is 0 Å². The number of hydrogen-bond acceptors (Lipinski definition) is 3. The van der Waals surface area contributed by atoms with Gasteiger partial charge in [-0.05, 0) is 37.0 Å². The van der Waals surface area contributed by atoms with Crippen LogP contribution in [0, 0.1) is 17.8 Å². The summed E-state index contributed by atoms with van der Waals surface area (Å²) >= 11 is 0. The number of carbonyl (C=O) groups excluding carboxylic acids is 2. The summed E-state index contributed by atoms with van der Waals surface area (Å²) in [4.78, 5) is 35.3. The maximum atomic E-state index is 12.5. The zero-order valence-electron chi connectivity index (χ0n) is 20.9. The maximum Gasteiger partial charge on any atom is 0.222 e. The van der Waals surface area contributed by atoms with Crippen LogP contribution in [0.1, 0.15) is 66.2 Å². The van der Waals surface area contributed by atoms with E-state index in [0.717, 1.165) is 44.9 Å². The summed E-state index contributed by atoms with van der Waals surface area (Å²) in [7, 11) is 1.86. The Balaban J connectivity index is 0.00000512. The van der Waals surface area contributed by atoms with Gasteiger partial charge in [0.2, 0.25) is 11.8 Å². The second kappa shape index (κ2) is 15.0. The number of aliphatic imine (C=N–C) groups is 1. The number of halogens is 1. The van der Waals surface area contributed by atoms with Gasteiger partial charge < -0.3 is 20.0 Å². The number of rotatable bonds is 8. The molecule has 0 aromatic rings. The third kappa shape index (κ3) is 9.83. The predicted molar refractivity (Wildman–Crippen MR) is 142 cm³/mol. The average molecular weight is 564 g/mol. The van der Waals surface area contributed by atoms with Gasteiger partial charge >= 0.3 is 0 Å². The van der Waals surface area contributed by atoms with Gasteiger partial charge in [0.25, 0.3) is 0 Å². The van der Waals surface area contributed by atoms with Crippen molar-refractivity contribution in [2.75, 3.05) is 52.9 Å². The largest absolute Gasteiger partial charge is 0.356 e. The molecule has 2 amide bonds. The molecular formula is C24H46IN5O2. The fraction of sp³-hybridized carbons (Fsp3) is 0.875. The van der Waals surface area contributed by atoms with Crippen molar-refractivity contribution in [2.45, 2.75) is 66.2 Å². The molecule has 186 valence electrons. The molecule has 0 aliphatic carbocycles. The number of guanidine groups is 1. The first-order chi connectivity index (χ1) is 14.8. The monoisotopic (exact) mass is 563 g/mol. The minimum Gasteiger partial charge on any atom is -0.356 e. The van der Waals surface area contributed by atoms with E-state index in [4.69, 9.17) is 0 Å². The molecule has 2 aliphatic rings. The van der Waals surface area contributed by atoms with Gasteiger partial charge in [0.1, 0.15) is 0 Å². The number of amides is 2. The van der Waals surface area contributed by atoms with E-state index in [1.807, 2.05) is 16.8 Å². The molecule has 0 saturated carbocycles. The van der Waals surface area contributed by atoms with E-state index in [-0.39, 0.29) is 35.8 Å². The molecule has 0 aromatic heterocycles. The average Bonchev–Trinajstić information content (AvgIpc) is 2.72. The van der Waals surface area contributed by atoms with Crippen molar-refractivity contribution in [1.82, 2.24) is 20.0 Å². The highest BCUT2D eigenvalue weighted by molar-refractivity contribution is 14.0. The van der Waals surface area contributed by atoms with Gasteiger partial charge in [0, 0.05) is 65.7 Å². The molecule has 8 heteroatoms. The van der Waals surface area contributed by atoms with E-state index in [1.165, 1.54) is 6.42 Å². The smallest absolute Gasteiger partial charge is 0.222 e. The molecule has 2 atom stereocenters. The molecule has 7 nitrogen and oxygen atoms in total. The van der Waals surface area contributed by atoms with Crippen molar-refractivity contribution in [1.29, 1.82) is 0 Å². The first-order valence-corrected chi connectivity index (χ1v) is 12.3. The van der Waals surface area contributed by atoms with Crippen LogP contribution >= 0.6 is 24.0 Å². The minimum absolute atomic E-state index is 0. The van der Waals surface area contributed by atoms with E-state index in [0.29, 0.717) is 56.8 Å². The number of piperidine rings is 1. The third-order valence-corrected chi connectivity index (χ3v) is 6.30. The van der Waals surface area contributed by atoms with Crippen molar-refractivity contribution in [3.63, 3.8) is 0 Å². The molecule has 0 spiro atoms. The quantitative estimate of drug-likeness (QED) is 0.213. The molecule has 2 unspecified atom stereocenters. The highest BCUT2D eigenvalue weighted by atomic mass is 127. The number of hydrogen-bond donors (Lipinski definition) is 1. The van der Waals surface area contributed by atoms with E-state index in [9.17, 15) is 9.59 Å². The van der Waals surface area contributed by atoms with E-state index in [2.05, 4.69) is 42.9 Å². The first kappa shape index (κ1) is 29.0. The molecule has 1 N–H and O–H groups in total. The van der Waals surface area contributed by atoms with Crippen LogP contribution in [-0.2, 0) is 9.59 Å². The van der Waals surface area contributed by atoms with E-state index >= 15 is 0 Å². The van der Waals surface area contributed by atoms with Gasteiger partial charge in [0.05, 0.1) is 0 Å². The summed E-state index contributed by atoms with van der Waals surface area (Å²) in [6, 6.07) is 0. The van der Waals surface area contributed by atoms with Gasteiger partial charge in [0.15, 0.2) is 5.96 Å². The summed E-state index contributed by atoms with van der Waals surface area (Å²) in [5.74, 6) is 3.27. The number of nitrogens with one attached hydrogen (secondary N) is 1. The highest BCUT2D eigenvalue weighted by Gasteiger charge is 2.25. The Morgan fingerprint density at radius 2 is 1.47 bits per heavy atom. The third-order valence-electron chi connectivity index (χ3n) is 6.30.